The molecule has 106 valence electrons. The summed E-state index contributed by atoms with van der Waals surface area (Å²) in [5.74, 6) is 0.598. The smallest absolute Gasteiger partial charge is 0.138 e. The summed E-state index contributed by atoms with van der Waals surface area (Å²) in [4.78, 5) is 0. The molecule has 3 unspecified atom stereocenters. The number of benzene rings is 1. The van der Waals surface area contributed by atoms with Gasteiger partial charge in [0.25, 0.3) is 0 Å². The number of aliphatic hydroxyl groups excluding tert-OH is 1. The third-order valence-electron chi connectivity index (χ3n) is 3.26. The Labute approximate surface area is 118 Å². The van der Waals surface area contributed by atoms with E-state index >= 15 is 0 Å². The summed E-state index contributed by atoms with van der Waals surface area (Å²) in [6.07, 6.45) is 0.625. The van der Waals surface area contributed by atoms with Gasteiger partial charge in [0.2, 0.25) is 0 Å². The molecule has 0 saturated carbocycles. The Hall–Kier alpha value is -0.810. The third-order valence-corrected chi connectivity index (χ3v) is 3.57. The van der Waals surface area contributed by atoms with Crippen molar-refractivity contribution < 1.29 is 14.6 Å². The SMILES string of the molecule is CC1OCCC1NCC(O)COc1ccccc1Cl. The van der Waals surface area contributed by atoms with E-state index in [0.717, 1.165) is 13.0 Å². The largest absolute Gasteiger partial charge is 0.489 e. The van der Waals surface area contributed by atoms with Gasteiger partial charge in [-0.25, -0.2) is 0 Å². The second kappa shape index (κ2) is 7.10. The first-order valence-corrected chi connectivity index (χ1v) is 6.95. The Balaban J connectivity index is 1.70. The minimum absolute atomic E-state index is 0.205. The van der Waals surface area contributed by atoms with Crippen LogP contribution in [0.3, 0.4) is 0 Å². The lowest BCUT2D eigenvalue weighted by atomic mass is 10.1. The maximum atomic E-state index is 9.88. The van der Waals surface area contributed by atoms with E-state index in [1.807, 2.05) is 19.1 Å². The summed E-state index contributed by atoms with van der Waals surface area (Å²) >= 11 is 5.97. The lowest BCUT2D eigenvalue weighted by Gasteiger charge is -2.19. The summed E-state index contributed by atoms with van der Waals surface area (Å²) in [6.45, 7) is 3.53. The molecule has 0 bridgehead atoms. The number of hydrogen-bond donors (Lipinski definition) is 2. The summed E-state index contributed by atoms with van der Waals surface area (Å²) < 4.78 is 10.9. The molecule has 1 aromatic carbocycles. The Morgan fingerprint density at radius 2 is 2.32 bits per heavy atom. The maximum Gasteiger partial charge on any atom is 0.138 e. The standard InChI is InChI=1S/C14H20ClNO3/c1-10-13(6-7-18-10)16-8-11(17)9-19-14-5-3-2-4-12(14)15/h2-5,10-11,13,16-17H,6-9H2,1H3. The molecule has 1 heterocycles. The fourth-order valence-electron chi connectivity index (χ4n) is 2.09. The van der Waals surface area contributed by atoms with E-state index in [4.69, 9.17) is 21.1 Å². The molecule has 0 aliphatic carbocycles. The van der Waals surface area contributed by atoms with Crippen LogP contribution in [0.15, 0.2) is 24.3 Å². The lowest BCUT2D eigenvalue weighted by molar-refractivity contribution is 0.0897. The molecule has 0 amide bonds. The van der Waals surface area contributed by atoms with Crippen molar-refractivity contribution in [1.29, 1.82) is 0 Å². The quantitative estimate of drug-likeness (QED) is 0.837. The summed E-state index contributed by atoms with van der Waals surface area (Å²) in [5, 5.41) is 13.7. The Bertz CT molecular complexity index is 402. The van der Waals surface area contributed by atoms with Crippen LogP contribution in [0.1, 0.15) is 13.3 Å². The molecule has 3 atom stereocenters. The van der Waals surface area contributed by atoms with Gasteiger partial charge < -0.3 is 19.9 Å². The minimum atomic E-state index is -0.566. The normalized spacial score (nSPS) is 24.4. The van der Waals surface area contributed by atoms with Gasteiger partial charge in [0, 0.05) is 19.2 Å². The van der Waals surface area contributed by atoms with Crippen molar-refractivity contribution in [1.82, 2.24) is 5.32 Å². The highest BCUT2D eigenvalue weighted by molar-refractivity contribution is 6.32. The van der Waals surface area contributed by atoms with Crippen molar-refractivity contribution in [3.8, 4) is 5.75 Å². The summed E-state index contributed by atoms with van der Waals surface area (Å²) in [5.41, 5.74) is 0. The van der Waals surface area contributed by atoms with Gasteiger partial charge in [-0.3, -0.25) is 0 Å². The van der Waals surface area contributed by atoms with Gasteiger partial charge in [0.1, 0.15) is 18.5 Å². The van der Waals surface area contributed by atoms with Gasteiger partial charge in [-0.15, -0.1) is 0 Å². The molecule has 0 aromatic heterocycles. The molecule has 2 rings (SSSR count). The molecule has 1 aliphatic rings. The molecular weight excluding hydrogens is 266 g/mol. The monoisotopic (exact) mass is 285 g/mol. The van der Waals surface area contributed by atoms with Crippen LogP contribution in [0.25, 0.3) is 0 Å². The van der Waals surface area contributed by atoms with E-state index < -0.39 is 6.10 Å². The number of halogens is 1. The zero-order chi connectivity index (χ0) is 13.7. The first kappa shape index (κ1) is 14.6. The van der Waals surface area contributed by atoms with E-state index in [1.54, 1.807) is 12.1 Å². The van der Waals surface area contributed by atoms with Crippen molar-refractivity contribution in [2.24, 2.45) is 0 Å². The first-order valence-electron chi connectivity index (χ1n) is 6.57. The second-order valence-corrected chi connectivity index (χ2v) is 5.18. The molecule has 19 heavy (non-hydrogen) atoms. The van der Waals surface area contributed by atoms with Crippen LogP contribution < -0.4 is 10.1 Å². The molecule has 1 aliphatic heterocycles. The van der Waals surface area contributed by atoms with Crippen LogP contribution in [-0.4, -0.2) is 43.1 Å². The Kier molecular flexibility index (Phi) is 5.45. The number of nitrogens with one attached hydrogen (secondary N) is 1. The van der Waals surface area contributed by atoms with Crippen LogP contribution in [0.2, 0.25) is 5.02 Å². The molecule has 0 radical (unpaired) electrons. The molecular formula is C14H20ClNO3. The highest BCUT2D eigenvalue weighted by Gasteiger charge is 2.24. The van der Waals surface area contributed by atoms with Gasteiger partial charge in [-0.05, 0) is 25.5 Å². The Morgan fingerprint density at radius 1 is 1.53 bits per heavy atom. The predicted octanol–water partition coefficient (Wildman–Crippen LogP) is 1.85. The van der Waals surface area contributed by atoms with Crippen LogP contribution >= 0.6 is 11.6 Å². The Morgan fingerprint density at radius 3 is 3.00 bits per heavy atom. The van der Waals surface area contributed by atoms with Crippen molar-refractivity contribution in [3.63, 3.8) is 0 Å². The average Bonchev–Trinajstić information content (AvgIpc) is 2.81. The average molecular weight is 286 g/mol. The maximum absolute atomic E-state index is 9.88. The zero-order valence-electron chi connectivity index (χ0n) is 11.0. The molecule has 2 N–H and O–H groups in total. The van der Waals surface area contributed by atoms with Gasteiger partial charge in [0.15, 0.2) is 0 Å². The predicted molar refractivity (Wildman–Crippen MR) is 74.8 cm³/mol. The molecule has 4 nitrogen and oxygen atoms in total. The number of para-hydroxylation sites is 1. The number of aliphatic hydroxyl groups is 1. The highest BCUT2D eigenvalue weighted by Crippen LogP contribution is 2.23. The van der Waals surface area contributed by atoms with Gasteiger partial charge in [-0.1, -0.05) is 23.7 Å². The van der Waals surface area contributed by atoms with E-state index in [-0.39, 0.29) is 12.7 Å². The molecule has 0 spiro atoms. The third kappa shape index (κ3) is 4.35. The van der Waals surface area contributed by atoms with E-state index in [1.165, 1.54) is 0 Å². The lowest BCUT2D eigenvalue weighted by Crippen LogP contribution is -2.41. The van der Waals surface area contributed by atoms with Crippen LogP contribution in [0.5, 0.6) is 5.75 Å². The van der Waals surface area contributed by atoms with Gasteiger partial charge in [-0.2, -0.15) is 0 Å². The molecule has 5 heteroatoms. The van der Waals surface area contributed by atoms with Gasteiger partial charge >= 0.3 is 0 Å². The van der Waals surface area contributed by atoms with Crippen LogP contribution in [-0.2, 0) is 4.74 Å². The second-order valence-electron chi connectivity index (χ2n) is 4.77. The van der Waals surface area contributed by atoms with Crippen molar-refractivity contribution in [2.75, 3.05) is 19.8 Å². The molecule has 1 aromatic rings. The topological polar surface area (TPSA) is 50.7 Å². The van der Waals surface area contributed by atoms with Crippen molar-refractivity contribution >= 4 is 11.6 Å². The summed E-state index contributed by atoms with van der Waals surface area (Å²) in [7, 11) is 0. The van der Waals surface area contributed by atoms with E-state index in [0.29, 0.717) is 23.4 Å². The van der Waals surface area contributed by atoms with E-state index in [9.17, 15) is 5.11 Å². The van der Waals surface area contributed by atoms with Crippen molar-refractivity contribution in [2.45, 2.75) is 31.6 Å². The number of rotatable bonds is 6. The fourth-order valence-corrected chi connectivity index (χ4v) is 2.28. The van der Waals surface area contributed by atoms with Crippen molar-refractivity contribution in [3.05, 3.63) is 29.3 Å². The van der Waals surface area contributed by atoms with Crippen LogP contribution in [0, 0.1) is 0 Å². The molecule has 1 saturated heterocycles. The number of ether oxygens (including phenoxy) is 2. The highest BCUT2D eigenvalue weighted by atomic mass is 35.5. The number of hydrogen-bond acceptors (Lipinski definition) is 4. The first-order chi connectivity index (χ1) is 9.16. The van der Waals surface area contributed by atoms with Gasteiger partial charge in [0.05, 0.1) is 11.1 Å². The van der Waals surface area contributed by atoms with Crippen LogP contribution in [0.4, 0.5) is 0 Å². The zero-order valence-corrected chi connectivity index (χ0v) is 11.8. The fraction of sp³-hybridized carbons (Fsp3) is 0.571. The minimum Gasteiger partial charge on any atom is -0.489 e. The molecule has 1 fully saturated rings. The van der Waals surface area contributed by atoms with E-state index in [2.05, 4.69) is 5.32 Å². The summed E-state index contributed by atoms with van der Waals surface area (Å²) in [6, 6.07) is 7.56.